The fourth-order valence-electron chi connectivity index (χ4n) is 3.33. The Morgan fingerprint density at radius 2 is 1.96 bits per heavy atom. The molecule has 3 rings (SSSR count). The molecule has 0 aliphatic heterocycles. The fraction of sp³-hybridized carbons (Fsp3) is 0.474. The first-order valence-electron chi connectivity index (χ1n) is 8.65. The molecule has 1 saturated carbocycles. The Kier molecular flexibility index (Phi) is 5.66. The summed E-state index contributed by atoms with van der Waals surface area (Å²) in [6.45, 7) is -1.21. The zero-order chi connectivity index (χ0) is 18.7. The van der Waals surface area contributed by atoms with Gasteiger partial charge < -0.3 is 14.8 Å². The molecule has 0 unspecified atom stereocenters. The van der Waals surface area contributed by atoms with Gasteiger partial charge in [-0.1, -0.05) is 0 Å². The third-order valence-electron chi connectivity index (χ3n) is 4.80. The van der Waals surface area contributed by atoms with Crippen LogP contribution in [0.25, 0.3) is 10.9 Å². The smallest absolute Gasteiger partial charge is 0.387 e. The van der Waals surface area contributed by atoms with Crippen LogP contribution in [0.3, 0.4) is 0 Å². The molecule has 0 spiro atoms. The molecule has 7 heteroatoms. The van der Waals surface area contributed by atoms with Crippen LogP contribution < -0.4 is 10.1 Å². The van der Waals surface area contributed by atoms with E-state index in [0.717, 1.165) is 25.7 Å². The van der Waals surface area contributed by atoms with Crippen LogP contribution in [0.2, 0.25) is 0 Å². The topological polar surface area (TPSA) is 60.5 Å². The first-order chi connectivity index (χ1) is 12.5. The SMILES string of the molecule is COC1CCC(NC(=O)c2cnc3cc(OC(F)F)c(C)cc3c2)CC1. The number of nitrogens with zero attached hydrogens (tertiary/aromatic N) is 1. The maximum Gasteiger partial charge on any atom is 0.387 e. The van der Waals surface area contributed by atoms with Crippen molar-refractivity contribution >= 4 is 16.8 Å². The van der Waals surface area contributed by atoms with E-state index in [1.165, 1.54) is 12.3 Å². The van der Waals surface area contributed by atoms with Crippen LogP contribution in [0.1, 0.15) is 41.6 Å². The van der Waals surface area contributed by atoms with Gasteiger partial charge >= 0.3 is 6.61 Å². The third kappa shape index (κ3) is 4.27. The van der Waals surface area contributed by atoms with Gasteiger partial charge in [-0.15, -0.1) is 0 Å². The van der Waals surface area contributed by atoms with Crippen LogP contribution in [0, 0.1) is 6.92 Å². The van der Waals surface area contributed by atoms with Crippen LogP contribution >= 0.6 is 0 Å². The number of methoxy groups -OCH3 is 1. The number of halogens is 2. The molecule has 1 fully saturated rings. The van der Waals surface area contributed by atoms with E-state index in [2.05, 4.69) is 15.0 Å². The molecule has 0 bridgehead atoms. The monoisotopic (exact) mass is 364 g/mol. The third-order valence-corrected chi connectivity index (χ3v) is 4.80. The van der Waals surface area contributed by atoms with Gasteiger partial charge in [0.1, 0.15) is 5.75 Å². The lowest BCUT2D eigenvalue weighted by Crippen LogP contribution is -2.38. The molecule has 1 N–H and O–H groups in total. The van der Waals surface area contributed by atoms with E-state index in [-0.39, 0.29) is 23.8 Å². The number of pyridine rings is 1. The van der Waals surface area contributed by atoms with Gasteiger partial charge in [-0.05, 0) is 50.3 Å². The molecule has 140 valence electrons. The van der Waals surface area contributed by atoms with E-state index in [1.807, 2.05) is 0 Å². The van der Waals surface area contributed by atoms with E-state index >= 15 is 0 Å². The number of benzene rings is 1. The van der Waals surface area contributed by atoms with Crippen molar-refractivity contribution in [3.05, 3.63) is 35.5 Å². The van der Waals surface area contributed by atoms with Crippen molar-refractivity contribution in [1.82, 2.24) is 10.3 Å². The number of nitrogens with one attached hydrogen (secondary N) is 1. The van der Waals surface area contributed by atoms with Crippen LogP contribution in [0.5, 0.6) is 5.75 Å². The number of amides is 1. The Morgan fingerprint density at radius 1 is 1.23 bits per heavy atom. The summed E-state index contributed by atoms with van der Waals surface area (Å²) in [6, 6.07) is 5.01. The van der Waals surface area contributed by atoms with E-state index in [4.69, 9.17) is 4.74 Å². The summed E-state index contributed by atoms with van der Waals surface area (Å²) in [5.41, 5.74) is 1.52. The average molecular weight is 364 g/mol. The predicted octanol–water partition coefficient (Wildman–Crippen LogP) is 3.83. The quantitative estimate of drug-likeness (QED) is 0.876. The first-order valence-corrected chi connectivity index (χ1v) is 8.65. The van der Waals surface area contributed by atoms with Gasteiger partial charge in [-0.3, -0.25) is 9.78 Å². The van der Waals surface area contributed by atoms with Crippen molar-refractivity contribution in [1.29, 1.82) is 0 Å². The summed E-state index contributed by atoms with van der Waals surface area (Å²) < 4.78 is 34.7. The van der Waals surface area contributed by atoms with Crippen molar-refractivity contribution in [2.45, 2.75) is 51.4 Å². The summed E-state index contributed by atoms with van der Waals surface area (Å²) in [6.07, 6.45) is 5.38. The fourth-order valence-corrected chi connectivity index (χ4v) is 3.33. The lowest BCUT2D eigenvalue weighted by molar-refractivity contribution is -0.0502. The molecule has 1 aromatic heterocycles. The summed E-state index contributed by atoms with van der Waals surface area (Å²) in [4.78, 5) is 16.7. The molecule has 26 heavy (non-hydrogen) atoms. The zero-order valence-electron chi connectivity index (χ0n) is 14.8. The molecule has 1 aliphatic rings. The highest BCUT2D eigenvalue weighted by molar-refractivity contribution is 5.97. The van der Waals surface area contributed by atoms with Gasteiger partial charge in [-0.25, -0.2) is 0 Å². The lowest BCUT2D eigenvalue weighted by atomic mass is 9.93. The summed E-state index contributed by atoms with van der Waals surface area (Å²) in [7, 11) is 1.71. The summed E-state index contributed by atoms with van der Waals surface area (Å²) in [5, 5.41) is 3.75. The largest absolute Gasteiger partial charge is 0.434 e. The standard InChI is InChI=1S/C19H22F2N2O3/c1-11-7-12-8-13(10-22-16(12)9-17(11)26-19(20)21)18(24)23-14-3-5-15(25-2)6-4-14/h7-10,14-15,19H,3-6H2,1-2H3,(H,23,24). The number of carbonyl (C=O) groups excluding carboxylic acids is 1. The number of hydrogen-bond acceptors (Lipinski definition) is 4. The molecule has 1 heterocycles. The highest BCUT2D eigenvalue weighted by atomic mass is 19.3. The Hall–Kier alpha value is -2.28. The number of alkyl halides is 2. The Balaban J connectivity index is 1.73. The van der Waals surface area contributed by atoms with Crippen molar-refractivity contribution in [2.24, 2.45) is 0 Å². The molecule has 1 aliphatic carbocycles. The maximum absolute atomic E-state index is 12.5. The van der Waals surface area contributed by atoms with Crippen molar-refractivity contribution in [3.63, 3.8) is 0 Å². The second kappa shape index (κ2) is 7.95. The van der Waals surface area contributed by atoms with Gasteiger partial charge in [-0.2, -0.15) is 8.78 Å². The molecular formula is C19H22F2N2O3. The molecule has 1 amide bonds. The van der Waals surface area contributed by atoms with Crippen LogP contribution in [-0.2, 0) is 4.74 Å². The molecule has 2 aromatic rings. The minimum Gasteiger partial charge on any atom is -0.434 e. The summed E-state index contributed by atoms with van der Waals surface area (Å²) >= 11 is 0. The van der Waals surface area contributed by atoms with Gasteiger partial charge in [0.15, 0.2) is 0 Å². The van der Waals surface area contributed by atoms with E-state index in [1.54, 1.807) is 26.2 Å². The average Bonchev–Trinajstić information content (AvgIpc) is 2.62. The number of aromatic nitrogens is 1. The highest BCUT2D eigenvalue weighted by Gasteiger charge is 2.22. The second-order valence-electron chi connectivity index (χ2n) is 6.60. The second-order valence-corrected chi connectivity index (χ2v) is 6.60. The number of rotatable bonds is 5. The minimum atomic E-state index is -2.88. The van der Waals surface area contributed by atoms with Crippen LogP contribution in [0.15, 0.2) is 24.4 Å². The number of hydrogen-bond donors (Lipinski definition) is 1. The van der Waals surface area contributed by atoms with Gasteiger partial charge in [0.25, 0.3) is 5.91 Å². The van der Waals surface area contributed by atoms with Gasteiger partial charge in [0, 0.05) is 30.8 Å². The van der Waals surface area contributed by atoms with Crippen molar-refractivity contribution in [2.75, 3.05) is 7.11 Å². The Labute approximate surface area is 150 Å². The molecule has 5 nitrogen and oxygen atoms in total. The van der Waals surface area contributed by atoms with Crippen LogP contribution in [0.4, 0.5) is 8.78 Å². The first kappa shape index (κ1) is 18.5. The predicted molar refractivity (Wildman–Crippen MR) is 93.6 cm³/mol. The number of fused-ring (bicyclic) bond motifs is 1. The Morgan fingerprint density at radius 3 is 2.62 bits per heavy atom. The highest BCUT2D eigenvalue weighted by Crippen LogP contribution is 2.26. The number of carbonyl (C=O) groups is 1. The minimum absolute atomic E-state index is 0.0899. The van der Waals surface area contributed by atoms with E-state index in [0.29, 0.717) is 22.0 Å². The van der Waals surface area contributed by atoms with E-state index in [9.17, 15) is 13.6 Å². The molecule has 0 saturated heterocycles. The molecule has 0 atom stereocenters. The Bertz CT molecular complexity index is 790. The number of aryl methyl sites for hydroxylation is 1. The summed E-state index contributed by atoms with van der Waals surface area (Å²) in [5.74, 6) is -0.0852. The number of ether oxygens (including phenoxy) is 2. The van der Waals surface area contributed by atoms with Gasteiger partial charge in [0.05, 0.1) is 17.2 Å². The van der Waals surface area contributed by atoms with Crippen LogP contribution in [-0.4, -0.2) is 36.8 Å². The van der Waals surface area contributed by atoms with Gasteiger partial charge in [0.2, 0.25) is 0 Å². The molecule has 1 aromatic carbocycles. The van der Waals surface area contributed by atoms with Crippen molar-refractivity contribution in [3.8, 4) is 5.75 Å². The maximum atomic E-state index is 12.5. The zero-order valence-corrected chi connectivity index (χ0v) is 14.8. The normalized spacial score (nSPS) is 20.3. The van der Waals surface area contributed by atoms with Crippen molar-refractivity contribution < 1.29 is 23.0 Å². The lowest BCUT2D eigenvalue weighted by Gasteiger charge is -2.28. The molecule has 0 radical (unpaired) electrons. The van der Waals surface area contributed by atoms with E-state index < -0.39 is 6.61 Å². The molecular weight excluding hydrogens is 342 g/mol.